The molecule has 0 radical (unpaired) electrons. The molecule has 0 spiro atoms. The molecule has 0 aliphatic heterocycles. The minimum absolute atomic E-state index is 0.0514. The largest absolute Gasteiger partial charge is 0.315 e. The normalized spacial score (nSPS) is 25.2. The SMILES string of the molecule is CS(=O)(=O)C1CCCC(NCc2csc(=O)[nH]2)C1. The van der Waals surface area contributed by atoms with Gasteiger partial charge in [0.15, 0.2) is 0 Å². The molecule has 1 fully saturated rings. The van der Waals surface area contributed by atoms with E-state index in [2.05, 4.69) is 10.3 Å². The summed E-state index contributed by atoms with van der Waals surface area (Å²) in [7, 11) is -2.93. The van der Waals surface area contributed by atoms with Crippen molar-refractivity contribution in [2.75, 3.05) is 6.26 Å². The fourth-order valence-electron chi connectivity index (χ4n) is 2.37. The van der Waals surface area contributed by atoms with E-state index in [1.54, 1.807) is 5.38 Å². The first kappa shape index (κ1) is 13.8. The van der Waals surface area contributed by atoms with E-state index in [4.69, 9.17) is 0 Å². The monoisotopic (exact) mass is 290 g/mol. The van der Waals surface area contributed by atoms with Crippen LogP contribution in [0.2, 0.25) is 0 Å². The van der Waals surface area contributed by atoms with Crippen molar-refractivity contribution in [1.82, 2.24) is 10.3 Å². The van der Waals surface area contributed by atoms with Crippen molar-refractivity contribution in [3.05, 3.63) is 20.7 Å². The van der Waals surface area contributed by atoms with Crippen molar-refractivity contribution in [3.63, 3.8) is 0 Å². The first-order chi connectivity index (χ1) is 8.45. The van der Waals surface area contributed by atoms with Crippen LogP contribution < -0.4 is 10.2 Å². The molecule has 5 nitrogen and oxygen atoms in total. The lowest BCUT2D eigenvalue weighted by Crippen LogP contribution is -2.38. The van der Waals surface area contributed by atoms with Crippen LogP contribution in [-0.4, -0.2) is 30.9 Å². The van der Waals surface area contributed by atoms with Gasteiger partial charge in [-0.25, -0.2) is 8.42 Å². The molecule has 1 aromatic rings. The lowest BCUT2D eigenvalue weighted by Gasteiger charge is -2.28. The predicted octanol–water partition coefficient (Wildman–Crippen LogP) is 0.882. The van der Waals surface area contributed by atoms with Gasteiger partial charge in [-0.3, -0.25) is 4.79 Å². The van der Waals surface area contributed by atoms with E-state index in [1.165, 1.54) is 6.26 Å². The molecule has 1 aliphatic carbocycles. The highest BCUT2D eigenvalue weighted by molar-refractivity contribution is 7.91. The quantitative estimate of drug-likeness (QED) is 0.863. The van der Waals surface area contributed by atoms with Gasteiger partial charge in [0, 0.05) is 29.9 Å². The Labute approximate surface area is 111 Å². The zero-order valence-electron chi connectivity index (χ0n) is 10.3. The molecule has 2 unspecified atom stereocenters. The number of sulfone groups is 1. The summed E-state index contributed by atoms with van der Waals surface area (Å²) < 4.78 is 23.1. The highest BCUT2D eigenvalue weighted by atomic mass is 32.2. The summed E-state index contributed by atoms with van der Waals surface area (Å²) in [5, 5.41) is 4.91. The Hall–Kier alpha value is -0.660. The number of aromatic amines is 1. The lowest BCUT2D eigenvalue weighted by atomic mass is 9.95. The number of hydrogen-bond acceptors (Lipinski definition) is 5. The highest BCUT2D eigenvalue weighted by Gasteiger charge is 2.28. The fraction of sp³-hybridized carbons (Fsp3) is 0.727. The molecule has 0 amide bonds. The number of H-pyrrole nitrogens is 1. The third-order valence-electron chi connectivity index (χ3n) is 3.38. The zero-order valence-corrected chi connectivity index (χ0v) is 11.9. The van der Waals surface area contributed by atoms with Gasteiger partial charge in [0.1, 0.15) is 9.84 Å². The number of aromatic nitrogens is 1. The van der Waals surface area contributed by atoms with Gasteiger partial charge in [0.25, 0.3) is 0 Å². The molecule has 2 rings (SSSR count). The molecule has 1 saturated carbocycles. The van der Waals surface area contributed by atoms with Crippen LogP contribution in [-0.2, 0) is 16.4 Å². The number of thiazole rings is 1. The van der Waals surface area contributed by atoms with Crippen LogP contribution in [0, 0.1) is 0 Å². The van der Waals surface area contributed by atoms with Crippen LogP contribution in [0.25, 0.3) is 0 Å². The van der Waals surface area contributed by atoms with E-state index >= 15 is 0 Å². The summed E-state index contributed by atoms with van der Waals surface area (Å²) in [5.41, 5.74) is 0.867. The summed E-state index contributed by atoms with van der Waals surface area (Å²) in [4.78, 5) is 13.7. The van der Waals surface area contributed by atoms with Crippen LogP contribution in [0.1, 0.15) is 31.4 Å². The van der Waals surface area contributed by atoms with Gasteiger partial charge in [-0.1, -0.05) is 17.8 Å². The molecule has 0 bridgehead atoms. The van der Waals surface area contributed by atoms with Crippen molar-refractivity contribution in [2.24, 2.45) is 0 Å². The molecular formula is C11H18N2O3S2. The van der Waals surface area contributed by atoms with Gasteiger partial charge in [-0.2, -0.15) is 0 Å². The van der Waals surface area contributed by atoms with Gasteiger partial charge in [-0.15, -0.1) is 0 Å². The summed E-state index contributed by atoms with van der Waals surface area (Å²) in [5.74, 6) is 0. The molecule has 1 aliphatic rings. The number of nitrogens with one attached hydrogen (secondary N) is 2. The summed E-state index contributed by atoms with van der Waals surface area (Å²) in [6, 6.07) is 0.224. The first-order valence-corrected chi connectivity index (χ1v) is 8.87. The van der Waals surface area contributed by atoms with Gasteiger partial charge in [0.05, 0.1) is 5.25 Å². The smallest absolute Gasteiger partial charge is 0.304 e. The van der Waals surface area contributed by atoms with Gasteiger partial charge >= 0.3 is 4.87 Å². The number of rotatable bonds is 4. The van der Waals surface area contributed by atoms with E-state index in [0.717, 1.165) is 36.3 Å². The highest BCUT2D eigenvalue weighted by Crippen LogP contribution is 2.24. The molecule has 102 valence electrons. The van der Waals surface area contributed by atoms with E-state index in [-0.39, 0.29) is 16.2 Å². The molecule has 1 heterocycles. The Balaban J connectivity index is 1.88. The molecule has 2 atom stereocenters. The van der Waals surface area contributed by atoms with E-state index in [9.17, 15) is 13.2 Å². The number of hydrogen-bond donors (Lipinski definition) is 2. The summed E-state index contributed by atoms with van der Waals surface area (Å²) >= 11 is 1.15. The van der Waals surface area contributed by atoms with Gasteiger partial charge in [-0.05, 0) is 19.3 Å². The topological polar surface area (TPSA) is 79.0 Å². The second-order valence-corrected chi connectivity index (χ2v) is 8.04. The average molecular weight is 290 g/mol. The minimum Gasteiger partial charge on any atom is -0.315 e. The molecule has 7 heteroatoms. The molecule has 18 heavy (non-hydrogen) atoms. The Morgan fingerprint density at radius 1 is 1.50 bits per heavy atom. The second-order valence-electron chi connectivity index (χ2n) is 4.87. The van der Waals surface area contributed by atoms with Crippen LogP contribution >= 0.6 is 11.3 Å². The molecule has 1 aromatic heterocycles. The van der Waals surface area contributed by atoms with Crippen molar-refractivity contribution in [1.29, 1.82) is 0 Å². The average Bonchev–Trinajstić information content (AvgIpc) is 2.72. The Bertz CT molecular complexity index is 547. The van der Waals surface area contributed by atoms with Crippen LogP contribution in [0.4, 0.5) is 0 Å². The fourth-order valence-corrected chi connectivity index (χ4v) is 4.13. The minimum atomic E-state index is -2.93. The van der Waals surface area contributed by atoms with Gasteiger partial charge in [0.2, 0.25) is 0 Å². The Morgan fingerprint density at radius 3 is 2.89 bits per heavy atom. The first-order valence-electron chi connectivity index (χ1n) is 6.04. The Kier molecular flexibility index (Phi) is 4.24. The second kappa shape index (κ2) is 5.54. The van der Waals surface area contributed by atoms with Crippen molar-refractivity contribution in [2.45, 2.75) is 43.5 Å². The van der Waals surface area contributed by atoms with E-state index in [0.29, 0.717) is 13.0 Å². The maximum atomic E-state index is 11.5. The summed E-state index contributed by atoms with van der Waals surface area (Å²) in [6.45, 7) is 0.597. The van der Waals surface area contributed by atoms with Crippen LogP contribution in [0.3, 0.4) is 0 Å². The third-order valence-corrected chi connectivity index (χ3v) is 5.74. The van der Waals surface area contributed by atoms with Crippen molar-refractivity contribution >= 4 is 21.2 Å². The molecule has 0 aromatic carbocycles. The maximum Gasteiger partial charge on any atom is 0.304 e. The standard InChI is InChI=1S/C11H18N2O3S2/c1-18(15,16)10-4-2-3-8(5-10)12-6-9-7-17-11(14)13-9/h7-8,10,12H,2-6H2,1H3,(H,13,14). The van der Waals surface area contributed by atoms with E-state index < -0.39 is 9.84 Å². The third kappa shape index (κ3) is 3.66. The molecular weight excluding hydrogens is 272 g/mol. The Morgan fingerprint density at radius 2 is 2.28 bits per heavy atom. The maximum absolute atomic E-state index is 11.5. The predicted molar refractivity (Wildman–Crippen MR) is 72.7 cm³/mol. The van der Waals surface area contributed by atoms with Gasteiger partial charge < -0.3 is 10.3 Å². The molecule has 2 N–H and O–H groups in total. The molecule has 0 saturated heterocycles. The lowest BCUT2D eigenvalue weighted by molar-refractivity contribution is 0.370. The zero-order chi connectivity index (χ0) is 13.2. The van der Waals surface area contributed by atoms with Crippen LogP contribution in [0.5, 0.6) is 0 Å². The van der Waals surface area contributed by atoms with E-state index in [1.807, 2.05) is 0 Å². The van der Waals surface area contributed by atoms with Crippen molar-refractivity contribution < 1.29 is 8.42 Å². The summed E-state index contributed by atoms with van der Waals surface area (Å²) in [6.07, 6.45) is 4.70. The van der Waals surface area contributed by atoms with Crippen molar-refractivity contribution in [3.8, 4) is 0 Å². The van der Waals surface area contributed by atoms with Crippen LogP contribution in [0.15, 0.2) is 10.2 Å².